The van der Waals surface area contributed by atoms with Crippen LogP contribution in [0, 0.1) is 13.8 Å². The fraction of sp³-hybridized carbons (Fsp3) is 0.235. The van der Waals surface area contributed by atoms with Gasteiger partial charge < -0.3 is 10.1 Å². The van der Waals surface area contributed by atoms with Gasteiger partial charge in [-0.05, 0) is 43.2 Å². The average molecular weight is 323 g/mol. The third-order valence-electron chi connectivity index (χ3n) is 3.21. The van der Waals surface area contributed by atoms with Gasteiger partial charge in [-0.3, -0.25) is 4.79 Å². The standard InChI is InChI=1S/C17H16F3NO2/c1-11-7-8-12(2)15(9-11)23-10-16(22)21-14-6-4-3-5-13(14)17(18,19)20/h3-9H,10H2,1-2H3,(H,21,22). The summed E-state index contributed by atoms with van der Waals surface area (Å²) in [7, 11) is 0. The zero-order chi connectivity index (χ0) is 17.0. The number of benzene rings is 2. The molecule has 1 N–H and O–H groups in total. The molecule has 0 spiro atoms. The second-order valence-corrected chi connectivity index (χ2v) is 5.15. The topological polar surface area (TPSA) is 38.3 Å². The van der Waals surface area contributed by atoms with Crippen molar-refractivity contribution in [2.24, 2.45) is 0 Å². The Morgan fingerprint density at radius 2 is 1.83 bits per heavy atom. The Morgan fingerprint density at radius 1 is 1.13 bits per heavy atom. The highest BCUT2D eigenvalue weighted by Gasteiger charge is 2.33. The van der Waals surface area contributed by atoms with Crippen LogP contribution >= 0.6 is 0 Å². The van der Waals surface area contributed by atoms with Gasteiger partial charge in [0.1, 0.15) is 5.75 Å². The first-order valence-corrected chi connectivity index (χ1v) is 6.93. The van der Waals surface area contributed by atoms with Crippen LogP contribution in [0.15, 0.2) is 42.5 Å². The van der Waals surface area contributed by atoms with E-state index < -0.39 is 17.6 Å². The number of aryl methyl sites for hydroxylation is 2. The van der Waals surface area contributed by atoms with Crippen LogP contribution in [0.1, 0.15) is 16.7 Å². The van der Waals surface area contributed by atoms with Crippen molar-refractivity contribution in [2.45, 2.75) is 20.0 Å². The summed E-state index contributed by atoms with van der Waals surface area (Å²) in [4.78, 5) is 11.9. The molecule has 0 atom stereocenters. The summed E-state index contributed by atoms with van der Waals surface area (Å²) in [6, 6.07) is 10.3. The molecule has 3 nitrogen and oxygen atoms in total. The number of nitrogens with one attached hydrogen (secondary N) is 1. The summed E-state index contributed by atoms with van der Waals surface area (Å²) < 4.78 is 44.0. The van der Waals surface area contributed by atoms with Crippen molar-refractivity contribution in [3.05, 3.63) is 59.2 Å². The van der Waals surface area contributed by atoms with Crippen LogP contribution in [0.3, 0.4) is 0 Å². The van der Waals surface area contributed by atoms with Gasteiger partial charge in [0.15, 0.2) is 6.61 Å². The summed E-state index contributed by atoms with van der Waals surface area (Å²) in [6.07, 6.45) is -4.53. The van der Waals surface area contributed by atoms with Gasteiger partial charge in [-0.15, -0.1) is 0 Å². The Hall–Kier alpha value is -2.50. The second kappa shape index (κ2) is 6.73. The molecule has 0 saturated heterocycles. The van der Waals surface area contributed by atoms with Gasteiger partial charge in [0.05, 0.1) is 11.3 Å². The summed E-state index contributed by atoms with van der Waals surface area (Å²) in [5.74, 6) is -0.119. The normalized spacial score (nSPS) is 11.2. The number of halogens is 3. The molecule has 23 heavy (non-hydrogen) atoms. The van der Waals surface area contributed by atoms with Gasteiger partial charge in [-0.2, -0.15) is 13.2 Å². The molecule has 1 amide bonds. The van der Waals surface area contributed by atoms with E-state index in [0.717, 1.165) is 17.2 Å². The number of para-hydroxylation sites is 1. The number of anilines is 1. The van der Waals surface area contributed by atoms with Gasteiger partial charge in [-0.1, -0.05) is 24.3 Å². The smallest absolute Gasteiger partial charge is 0.418 e. The molecule has 2 aromatic carbocycles. The number of amides is 1. The van der Waals surface area contributed by atoms with Crippen molar-refractivity contribution in [1.82, 2.24) is 0 Å². The Balaban J connectivity index is 2.05. The molecule has 0 radical (unpaired) electrons. The summed E-state index contributed by atoms with van der Waals surface area (Å²) >= 11 is 0. The number of alkyl halides is 3. The highest BCUT2D eigenvalue weighted by atomic mass is 19.4. The van der Waals surface area contributed by atoms with Crippen molar-refractivity contribution >= 4 is 11.6 Å². The van der Waals surface area contributed by atoms with Gasteiger partial charge in [0.2, 0.25) is 0 Å². The molecule has 0 aliphatic rings. The van der Waals surface area contributed by atoms with E-state index in [-0.39, 0.29) is 12.3 Å². The molecule has 6 heteroatoms. The van der Waals surface area contributed by atoms with Crippen molar-refractivity contribution in [1.29, 1.82) is 0 Å². The molecule has 0 heterocycles. The molecule has 0 aromatic heterocycles. The quantitative estimate of drug-likeness (QED) is 0.909. The number of hydrogen-bond donors (Lipinski definition) is 1. The Morgan fingerprint density at radius 3 is 2.52 bits per heavy atom. The average Bonchev–Trinajstić information content (AvgIpc) is 2.47. The maximum Gasteiger partial charge on any atom is 0.418 e. The van der Waals surface area contributed by atoms with Gasteiger partial charge >= 0.3 is 6.18 Å². The van der Waals surface area contributed by atoms with Crippen LogP contribution in [-0.2, 0) is 11.0 Å². The number of carbonyl (C=O) groups is 1. The highest BCUT2D eigenvalue weighted by molar-refractivity contribution is 5.92. The first-order chi connectivity index (χ1) is 10.8. The van der Waals surface area contributed by atoms with Crippen molar-refractivity contribution in [3.63, 3.8) is 0 Å². The first kappa shape index (κ1) is 16.9. The minimum absolute atomic E-state index is 0.283. The Bertz CT molecular complexity index is 711. The molecule has 0 unspecified atom stereocenters. The predicted octanol–water partition coefficient (Wildman–Crippen LogP) is 4.34. The van der Waals surface area contributed by atoms with Crippen LogP contribution in [-0.4, -0.2) is 12.5 Å². The van der Waals surface area contributed by atoms with E-state index in [9.17, 15) is 18.0 Å². The summed E-state index contributed by atoms with van der Waals surface area (Å²) in [6.45, 7) is 3.34. The maximum absolute atomic E-state index is 12.9. The van der Waals surface area contributed by atoms with E-state index in [0.29, 0.717) is 5.75 Å². The van der Waals surface area contributed by atoms with Crippen LogP contribution in [0.25, 0.3) is 0 Å². The van der Waals surface area contributed by atoms with Crippen molar-refractivity contribution in [3.8, 4) is 5.75 Å². The van der Waals surface area contributed by atoms with Crippen LogP contribution in [0.5, 0.6) is 5.75 Å². The zero-order valence-corrected chi connectivity index (χ0v) is 12.7. The zero-order valence-electron chi connectivity index (χ0n) is 12.7. The van der Waals surface area contributed by atoms with Crippen LogP contribution in [0.4, 0.5) is 18.9 Å². The Kier molecular flexibility index (Phi) is 4.93. The van der Waals surface area contributed by atoms with E-state index in [2.05, 4.69) is 5.32 Å². The summed E-state index contributed by atoms with van der Waals surface area (Å²) in [5, 5.41) is 2.24. The summed E-state index contributed by atoms with van der Waals surface area (Å²) in [5.41, 5.74) is 0.641. The number of carbonyl (C=O) groups excluding carboxylic acids is 1. The second-order valence-electron chi connectivity index (χ2n) is 5.15. The van der Waals surface area contributed by atoms with Gasteiger partial charge in [0.25, 0.3) is 5.91 Å². The van der Waals surface area contributed by atoms with Gasteiger partial charge in [-0.25, -0.2) is 0 Å². The number of hydrogen-bond acceptors (Lipinski definition) is 2. The third-order valence-corrected chi connectivity index (χ3v) is 3.21. The number of ether oxygens (including phenoxy) is 1. The Labute approximate surface area is 132 Å². The van der Waals surface area contributed by atoms with E-state index in [1.54, 1.807) is 6.07 Å². The fourth-order valence-electron chi connectivity index (χ4n) is 2.03. The molecule has 2 rings (SSSR count). The predicted molar refractivity (Wildman–Crippen MR) is 81.5 cm³/mol. The molecular weight excluding hydrogens is 307 g/mol. The number of rotatable bonds is 4. The fourth-order valence-corrected chi connectivity index (χ4v) is 2.03. The minimum atomic E-state index is -4.53. The molecule has 0 aliphatic carbocycles. The monoisotopic (exact) mass is 323 g/mol. The molecule has 122 valence electrons. The maximum atomic E-state index is 12.9. The van der Waals surface area contributed by atoms with E-state index >= 15 is 0 Å². The largest absolute Gasteiger partial charge is 0.483 e. The molecule has 0 aliphatic heterocycles. The minimum Gasteiger partial charge on any atom is -0.483 e. The molecule has 0 bridgehead atoms. The van der Waals surface area contributed by atoms with Crippen LogP contribution in [0.2, 0.25) is 0 Å². The highest BCUT2D eigenvalue weighted by Crippen LogP contribution is 2.34. The van der Waals surface area contributed by atoms with E-state index in [4.69, 9.17) is 4.74 Å². The molecule has 2 aromatic rings. The SMILES string of the molecule is Cc1ccc(C)c(OCC(=O)Nc2ccccc2C(F)(F)F)c1. The molecular formula is C17H16F3NO2. The first-order valence-electron chi connectivity index (χ1n) is 6.93. The third kappa shape index (κ3) is 4.48. The lowest BCUT2D eigenvalue weighted by atomic mass is 10.1. The van der Waals surface area contributed by atoms with E-state index in [1.807, 2.05) is 26.0 Å². The lowest BCUT2D eigenvalue weighted by Gasteiger charge is -2.14. The lowest BCUT2D eigenvalue weighted by Crippen LogP contribution is -2.22. The molecule has 0 saturated carbocycles. The van der Waals surface area contributed by atoms with Crippen molar-refractivity contribution in [2.75, 3.05) is 11.9 Å². The van der Waals surface area contributed by atoms with Crippen LogP contribution < -0.4 is 10.1 Å². The van der Waals surface area contributed by atoms with Gasteiger partial charge in [0, 0.05) is 0 Å². The van der Waals surface area contributed by atoms with Crippen molar-refractivity contribution < 1.29 is 22.7 Å². The molecule has 0 fully saturated rings. The van der Waals surface area contributed by atoms with E-state index in [1.165, 1.54) is 18.2 Å². The lowest BCUT2D eigenvalue weighted by molar-refractivity contribution is -0.137.